The van der Waals surface area contributed by atoms with Crippen molar-refractivity contribution < 1.29 is 9.53 Å². The van der Waals surface area contributed by atoms with E-state index in [1.165, 1.54) is 6.92 Å². The molecule has 2 rings (SSSR count). The molecule has 0 bridgehead atoms. The third-order valence-corrected chi connectivity index (χ3v) is 3.56. The number of Topliss-reactive ketones (excluding diaryl/α,β-unsaturated/α-hetero) is 1. The lowest BCUT2D eigenvalue weighted by molar-refractivity contribution is 0.101. The zero-order valence-electron chi connectivity index (χ0n) is 11.2. The van der Waals surface area contributed by atoms with Crippen molar-refractivity contribution in [3.05, 3.63) is 53.6 Å². The average Bonchev–Trinajstić information content (AvgIpc) is 2.47. The molecular weight excluding hydrogens is 270 g/mol. The van der Waals surface area contributed by atoms with Gasteiger partial charge in [0.05, 0.1) is 17.2 Å². The predicted octanol–water partition coefficient (Wildman–Crippen LogP) is 4.28. The number of para-hydroxylation sites is 1. The van der Waals surface area contributed by atoms with Gasteiger partial charge in [-0.15, -0.1) is 11.8 Å². The highest BCUT2D eigenvalue weighted by molar-refractivity contribution is 7.98. The number of thioether (sulfide) groups is 1. The Morgan fingerprint density at radius 2 is 1.95 bits per heavy atom. The number of ether oxygens (including phenoxy) is 1. The Hall–Kier alpha value is -2.25. The molecule has 100 valence electrons. The summed E-state index contributed by atoms with van der Waals surface area (Å²) in [6.07, 6.45) is 1.96. The molecule has 2 aromatic carbocycles. The first-order valence-corrected chi connectivity index (χ1v) is 7.24. The molecule has 0 saturated heterocycles. The highest BCUT2D eigenvalue weighted by Gasteiger charge is 2.12. The van der Waals surface area contributed by atoms with Crippen LogP contribution < -0.4 is 4.74 Å². The molecule has 2 aromatic rings. The predicted molar refractivity (Wildman–Crippen MR) is 79.5 cm³/mol. The zero-order chi connectivity index (χ0) is 14.5. The summed E-state index contributed by atoms with van der Waals surface area (Å²) in [7, 11) is 0. The third-order valence-electron chi connectivity index (χ3n) is 2.78. The van der Waals surface area contributed by atoms with Crippen LogP contribution in [0.25, 0.3) is 0 Å². The van der Waals surface area contributed by atoms with Gasteiger partial charge in [0.1, 0.15) is 11.5 Å². The summed E-state index contributed by atoms with van der Waals surface area (Å²) in [5.74, 6) is 1.00. The fourth-order valence-electron chi connectivity index (χ4n) is 1.79. The lowest BCUT2D eigenvalue weighted by atomic mass is 10.1. The highest BCUT2D eigenvalue weighted by Crippen LogP contribution is 2.33. The average molecular weight is 283 g/mol. The van der Waals surface area contributed by atoms with Crippen LogP contribution in [0.2, 0.25) is 0 Å². The fourth-order valence-corrected chi connectivity index (χ4v) is 2.31. The van der Waals surface area contributed by atoms with Crippen molar-refractivity contribution in [2.24, 2.45) is 0 Å². The Morgan fingerprint density at radius 3 is 2.60 bits per heavy atom. The minimum Gasteiger partial charge on any atom is -0.455 e. The van der Waals surface area contributed by atoms with E-state index in [0.717, 1.165) is 4.90 Å². The molecule has 20 heavy (non-hydrogen) atoms. The van der Waals surface area contributed by atoms with E-state index in [-0.39, 0.29) is 5.78 Å². The third kappa shape index (κ3) is 3.01. The van der Waals surface area contributed by atoms with Crippen molar-refractivity contribution in [2.45, 2.75) is 11.8 Å². The van der Waals surface area contributed by atoms with Crippen LogP contribution in [0.5, 0.6) is 11.5 Å². The summed E-state index contributed by atoms with van der Waals surface area (Å²) >= 11 is 1.56. The molecule has 0 amide bonds. The van der Waals surface area contributed by atoms with Crippen molar-refractivity contribution in [1.82, 2.24) is 0 Å². The number of hydrogen-bond acceptors (Lipinski definition) is 4. The number of carbonyl (C=O) groups excluding carboxylic acids is 1. The Kier molecular flexibility index (Phi) is 4.44. The normalized spacial score (nSPS) is 9.85. The molecule has 0 aliphatic heterocycles. The van der Waals surface area contributed by atoms with Crippen LogP contribution in [-0.4, -0.2) is 12.0 Å². The molecule has 4 heteroatoms. The van der Waals surface area contributed by atoms with E-state index in [1.807, 2.05) is 30.5 Å². The summed E-state index contributed by atoms with van der Waals surface area (Å²) in [6, 6.07) is 14.5. The summed E-state index contributed by atoms with van der Waals surface area (Å²) < 4.78 is 5.84. The molecule has 0 fully saturated rings. The minimum atomic E-state index is -0.0916. The molecule has 0 radical (unpaired) electrons. The van der Waals surface area contributed by atoms with Gasteiger partial charge >= 0.3 is 0 Å². The summed E-state index contributed by atoms with van der Waals surface area (Å²) in [5.41, 5.74) is 0.937. The first-order valence-electron chi connectivity index (χ1n) is 6.01. The van der Waals surface area contributed by atoms with Crippen molar-refractivity contribution in [1.29, 1.82) is 5.26 Å². The van der Waals surface area contributed by atoms with Crippen LogP contribution in [-0.2, 0) is 0 Å². The van der Waals surface area contributed by atoms with Gasteiger partial charge in [-0.2, -0.15) is 5.26 Å². The highest BCUT2D eigenvalue weighted by atomic mass is 32.2. The number of hydrogen-bond donors (Lipinski definition) is 0. The van der Waals surface area contributed by atoms with Crippen LogP contribution >= 0.6 is 11.8 Å². The Bertz CT molecular complexity index is 689. The van der Waals surface area contributed by atoms with E-state index < -0.39 is 0 Å². The topological polar surface area (TPSA) is 50.1 Å². The van der Waals surface area contributed by atoms with Crippen molar-refractivity contribution in [2.75, 3.05) is 6.26 Å². The first-order chi connectivity index (χ1) is 9.65. The number of carbonyl (C=O) groups is 1. The second kappa shape index (κ2) is 6.27. The number of nitriles is 1. The molecule has 0 aliphatic rings. The van der Waals surface area contributed by atoms with E-state index in [2.05, 4.69) is 6.07 Å². The van der Waals surface area contributed by atoms with Gasteiger partial charge in [-0.1, -0.05) is 12.1 Å². The number of nitrogens with zero attached hydrogens (tertiary/aromatic N) is 1. The van der Waals surface area contributed by atoms with E-state index in [1.54, 1.807) is 30.0 Å². The van der Waals surface area contributed by atoms with Crippen LogP contribution in [0.3, 0.4) is 0 Å². The largest absolute Gasteiger partial charge is 0.455 e. The molecule has 0 N–H and O–H groups in total. The summed E-state index contributed by atoms with van der Waals surface area (Å²) in [4.78, 5) is 12.6. The lowest BCUT2D eigenvalue weighted by Crippen LogP contribution is -1.98. The summed E-state index contributed by atoms with van der Waals surface area (Å²) in [6.45, 7) is 1.48. The smallest absolute Gasteiger partial charge is 0.163 e. The number of rotatable bonds is 4. The number of ketones is 1. The molecule has 0 atom stereocenters. The van der Waals surface area contributed by atoms with Gasteiger partial charge in [0, 0.05) is 4.90 Å². The van der Waals surface area contributed by atoms with Crippen LogP contribution in [0.15, 0.2) is 47.4 Å². The van der Waals surface area contributed by atoms with Crippen LogP contribution in [0, 0.1) is 11.3 Å². The van der Waals surface area contributed by atoms with Crippen molar-refractivity contribution in [3.8, 4) is 17.6 Å². The SMILES string of the molecule is CSc1ccccc1Oc1cc(C#N)ccc1C(C)=O. The van der Waals surface area contributed by atoms with E-state index >= 15 is 0 Å². The van der Waals surface area contributed by atoms with Gasteiger partial charge in [0.2, 0.25) is 0 Å². The maximum Gasteiger partial charge on any atom is 0.163 e. The second-order valence-corrected chi connectivity index (χ2v) is 4.98. The first kappa shape index (κ1) is 14.2. The standard InChI is InChI=1S/C16H13NO2S/c1-11(18)13-8-7-12(10-17)9-15(13)19-14-5-3-4-6-16(14)20-2/h3-9H,1-2H3. The molecule has 0 unspecified atom stereocenters. The number of benzene rings is 2. The van der Waals surface area contributed by atoms with Crippen molar-refractivity contribution in [3.63, 3.8) is 0 Å². The van der Waals surface area contributed by atoms with Gasteiger partial charge in [0.25, 0.3) is 0 Å². The fraction of sp³-hybridized carbons (Fsp3) is 0.125. The van der Waals surface area contributed by atoms with Gasteiger partial charge in [0.15, 0.2) is 5.78 Å². The quantitative estimate of drug-likeness (QED) is 0.621. The van der Waals surface area contributed by atoms with E-state index in [9.17, 15) is 4.79 Å². The molecule has 3 nitrogen and oxygen atoms in total. The van der Waals surface area contributed by atoms with Gasteiger partial charge in [-0.3, -0.25) is 4.79 Å². The van der Waals surface area contributed by atoms with Crippen LogP contribution in [0.4, 0.5) is 0 Å². The van der Waals surface area contributed by atoms with Gasteiger partial charge < -0.3 is 4.74 Å². The van der Waals surface area contributed by atoms with Gasteiger partial charge in [-0.25, -0.2) is 0 Å². The monoisotopic (exact) mass is 283 g/mol. The Morgan fingerprint density at radius 1 is 1.20 bits per heavy atom. The van der Waals surface area contributed by atoms with Crippen LogP contribution in [0.1, 0.15) is 22.8 Å². The van der Waals surface area contributed by atoms with Crippen molar-refractivity contribution >= 4 is 17.5 Å². The maximum absolute atomic E-state index is 11.6. The molecule has 0 spiro atoms. The Balaban J connectivity index is 2.46. The molecular formula is C16H13NO2S. The van der Waals surface area contributed by atoms with E-state index in [0.29, 0.717) is 22.6 Å². The zero-order valence-corrected chi connectivity index (χ0v) is 12.0. The van der Waals surface area contributed by atoms with Gasteiger partial charge in [-0.05, 0) is 43.5 Å². The molecule has 0 heterocycles. The maximum atomic E-state index is 11.6. The molecule has 0 aromatic heterocycles. The minimum absolute atomic E-state index is 0.0916. The van der Waals surface area contributed by atoms with E-state index in [4.69, 9.17) is 10.00 Å². The Labute approximate surface area is 122 Å². The second-order valence-electron chi connectivity index (χ2n) is 4.13. The molecule has 0 saturated carbocycles. The lowest BCUT2D eigenvalue weighted by Gasteiger charge is -2.12. The molecule has 0 aliphatic carbocycles. The summed E-state index contributed by atoms with van der Waals surface area (Å²) in [5, 5.41) is 8.96.